The van der Waals surface area contributed by atoms with E-state index in [1.807, 2.05) is 27.7 Å². The lowest BCUT2D eigenvalue weighted by Crippen LogP contribution is -2.61. The predicted molar refractivity (Wildman–Crippen MR) is 210 cm³/mol. The molecule has 0 aliphatic carbocycles. The van der Waals surface area contributed by atoms with Crippen molar-refractivity contribution in [1.29, 1.82) is 0 Å². The van der Waals surface area contributed by atoms with Gasteiger partial charge < -0.3 is 29.5 Å². The van der Waals surface area contributed by atoms with Crippen molar-refractivity contribution < 1.29 is 31.9 Å². The molecule has 15 nitrogen and oxygen atoms in total. The van der Waals surface area contributed by atoms with Crippen LogP contribution in [0.1, 0.15) is 97.3 Å². The summed E-state index contributed by atoms with van der Waals surface area (Å²) in [5.74, 6) is 0.493. The highest BCUT2D eigenvalue weighted by Crippen LogP contribution is 2.45. The van der Waals surface area contributed by atoms with Gasteiger partial charge in [0.2, 0.25) is 0 Å². The third kappa shape index (κ3) is 9.88. The molecular formula is C39H60FN9O6S. The Morgan fingerprint density at radius 3 is 2.32 bits per heavy atom. The molecule has 4 saturated heterocycles. The fraction of sp³-hybridized carbons (Fsp3) is 0.718. The van der Waals surface area contributed by atoms with Crippen LogP contribution in [0.4, 0.5) is 15.0 Å². The smallest absolute Gasteiger partial charge is 0.407 e. The molecule has 17 heteroatoms. The number of anilines is 1. The van der Waals surface area contributed by atoms with Crippen molar-refractivity contribution in [3.05, 3.63) is 35.9 Å². The lowest BCUT2D eigenvalue weighted by molar-refractivity contribution is 0.0484. The minimum absolute atomic E-state index is 0.0929. The molecule has 4 fully saturated rings. The quantitative estimate of drug-likeness (QED) is 0.330. The van der Waals surface area contributed by atoms with Crippen molar-refractivity contribution in [3.8, 4) is 11.6 Å². The molecule has 1 N–H and O–H groups in total. The molecule has 1 aromatic heterocycles. The van der Waals surface area contributed by atoms with Gasteiger partial charge in [-0.15, -0.1) is 10.2 Å². The Hall–Kier alpha value is -3.67. The zero-order valence-electron chi connectivity index (χ0n) is 34.0. The van der Waals surface area contributed by atoms with E-state index < -0.39 is 27.7 Å². The zero-order valence-corrected chi connectivity index (χ0v) is 34.9. The molecule has 2 aromatic rings. The molecule has 2 amide bonds. The van der Waals surface area contributed by atoms with Gasteiger partial charge in [0.15, 0.2) is 5.82 Å². The summed E-state index contributed by atoms with van der Waals surface area (Å²) in [5, 5.41) is 11.0. The maximum Gasteiger partial charge on any atom is 0.407 e. The number of hydrogen-bond acceptors (Lipinski definition) is 11. The van der Waals surface area contributed by atoms with E-state index in [0.29, 0.717) is 44.2 Å². The van der Waals surface area contributed by atoms with E-state index in [-0.39, 0.29) is 53.2 Å². The number of hydrogen-bond donors (Lipinski definition) is 1. The molecule has 5 heterocycles. The van der Waals surface area contributed by atoms with Crippen molar-refractivity contribution in [1.82, 2.24) is 38.9 Å². The van der Waals surface area contributed by atoms with Gasteiger partial charge in [-0.1, -0.05) is 0 Å². The van der Waals surface area contributed by atoms with E-state index in [1.165, 1.54) is 28.8 Å². The number of likely N-dealkylation sites (tertiary alicyclic amines) is 1. The molecule has 1 spiro atoms. The SMILES string of the molecule is CC(C)N(C(=O)c1cc(F)ccc1Oc1nncnc1N1CC2(CCN(CC3CCN(S(=O)(=O)N4CCC[C@@H](NC(=O)OC(C)(C)C)C4)CC3)CC2)C1)C(C)C. The number of benzene rings is 1. The first-order valence-corrected chi connectivity index (χ1v) is 21.5. The van der Waals surface area contributed by atoms with Crippen molar-refractivity contribution in [2.75, 3.05) is 63.8 Å². The van der Waals surface area contributed by atoms with Gasteiger partial charge in [0.1, 0.15) is 23.5 Å². The van der Waals surface area contributed by atoms with Gasteiger partial charge in [0.05, 0.1) is 5.56 Å². The number of carbonyl (C=O) groups excluding carboxylic acids is 2. The predicted octanol–water partition coefficient (Wildman–Crippen LogP) is 4.91. The molecule has 4 aliphatic rings. The molecule has 0 bridgehead atoms. The van der Waals surface area contributed by atoms with Crippen molar-refractivity contribution in [2.24, 2.45) is 11.3 Å². The number of amides is 2. The Morgan fingerprint density at radius 1 is 1.00 bits per heavy atom. The number of piperidine rings is 3. The summed E-state index contributed by atoms with van der Waals surface area (Å²) in [6.07, 6.45) is 5.98. The van der Waals surface area contributed by atoms with Gasteiger partial charge in [-0.25, -0.2) is 14.2 Å². The summed E-state index contributed by atoms with van der Waals surface area (Å²) >= 11 is 0. The Morgan fingerprint density at radius 2 is 1.68 bits per heavy atom. The molecule has 1 aromatic carbocycles. The zero-order chi connectivity index (χ0) is 40.4. The summed E-state index contributed by atoms with van der Waals surface area (Å²) < 4.78 is 56.4. The summed E-state index contributed by atoms with van der Waals surface area (Å²) in [6.45, 7) is 19.3. The molecule has 0 radical (unpaired) electrons. The third-order valence-corrected chi connectivity index (χ3v) is 13.4. The Kier molecular flexibility index (Phi) is 12.8. The Balaban J connectivity index is 0.977. The second-order valence-corrected chi connectivity index (χ2v) is 19.5. The molecule has 0 saturated carbocycles. The summed E-state index contributed by atoms with van der Waals surface area (Å²) in [5.41, 5.74) is -0.353. The third-order valence-electron chi connectivity index (χ3n) is 11.4. The summed E-state index contributed by atoms with van der Waals surface area (Å²) in [6, 6.07) is 3.46. The Labute approximate surface area is 331 Å². The first kappa shape index (κ1) is 41.9. The van der Waals surface area contributed by atoms with Crippen LogP contribution in [-0.2, 0) is 14.9 Å². The van der Waals surface area contributed by atoms with Crippen LogP contribution in [0.25, 0.3) is 0 Å². The molecule has 4 aliphatic heterocycles. The summed E-state index contributed by atoms with van der Waals surface area (Å²) in [7, 11) is -3.62. The molecule has 1 atom stereocenters. The summed E-state index contributed by atoms with van der Waals surface area (Å²) in [4.78, 5) is 36.7. The fourth-order valence-corrected chi connectivity index (χ4v) is 10.4. The van der Waals surface area contributed by atoms with Crippen molar-refractivity contribution >= 4 is 28.0 Å². The van der Waals surface area contributed by atoms with Crippen LogP contribution in [0.5, 0.6) is 11.6 Å². The lowest BCUT2D eigenvalue weighted by Gasteiger charge is -2.54. The van der Waals surface area contributed by atoms with E-state index >= 15 is 0 Å². The van der Waals surface area contributed by atoms with Crippen LogP contribution >= 0.6 is 0 Å². The van der Waals surface area contributed by atoms with E-state index in [4.69, 9.17) is 9.47 Å². The highest BCUT2D eigenvalue weighted by Gasteiger charge is 2.47. The largest absolute Gasteiger partial charge is 0.444 e. The number of rotatable bonds is 11. The van der Waals surface area contributed by atoms with Crippen LogP contribution in [0.3, 0.4) is 0 Å². The highest BCUT2D eigenvalue weighted by atomic mass is 32.2. The van der Waals surface area contributed by atoms with E-state index in [9.17, 15) is 22.4 Å². The van der Waals surface area contributed by atoms with Crippen LogP contribution in [0.2, 0.25) is 0 Å². The van der Waals surface area contributed by atoms with Gasteiger partial charge in [-0.3, -0.25) is 4.79 Å². The standard InChI is InChI=1S/C39H60FN9O6S/c1-27(2)49(28(3)4)36(50)32-21-30(40)10-11-33(32)54-35-34(41-26-42-44-35)46-24-39(25-46)14-19-45(20-15-39)22-29-12-17-47(18-13-29)56(52,53)48-16-8-9-31(23-48)43-37(51)55-38(5,6)7/h10-11,21,26-29,31H,8-9,12-20,22-25H2,1-7H3,(H,43,51)/t31-/m1/s1. The van der Waals surface area contributed by atoms with Crippen molar-refractivity contribution in [3.63, 3.8) is 0 Å². The van der Waals surface area contributed by atoms with Crippen LogP contribution in [-0.4, -0.2) is 137 Å². The minimum Gasteiger partial charge on any atom is -0.444 e. The number of alkyl carbamates (subject to hydrolysis) is 1. The number of ether oxygens (including phenoxy) is 2. The van der Waals surface area contributed by atoms with Gasteiger partial charge in [-0.2, -0.15) is 17.0 Å². The molecule has 0 unspecified atom stereocenters. The molecule has 310 valence electrons. The minimum atomic E-state index is -3.62. The fourth-order valence-electron chi connectivity index (χ4n) is 8.64. The number of nitrogens with zero attached hydrogens (tertiary/aromatic N) is 8. The molecular weight excluding hydrogens is 742 g/mol. The van der Waals surface area contributed by atoms with Gasteiger partial charge >= 0.3 is 6.09 Å². The monoisotopic (exact) mass is 801 g/mol. The van der Waals surface area contributed by atoms with E-state index in [2.05, 4.69) is 30.3 Å². The number of carbonyl (C=O) groups is 2. The van der Waals surface area contributed by atoms with E-state index in [0.717, 1.165) is 58.4 Å². The maximum absolute atomic E-state index is 14.4. The Bertz CT molecular complexity index is 1790. The second kappa shape index (κ2) is 17.0. The molecule has 6 rings (SSSR count). The second-order valence-electron chi connectivity index (χ2n) is 17.6. The lowest BCUT2D eigenvalue weighted by atomic mass is 9.72. The van der Waals surface area contributed by atoms with Crippen molar-refractivity contribution in [2.45, 2.75) is 111 Å². The maximum atomic E-state index is 14.4. The highest BCUT2D eigenvalue weighted by molar-refractivity contribution is 7.86. The number of nitrogens with one attached hydrogen (secondary N) is 1. The average Bonchev–Trinajstić information content (AvgIpc) is 3.11. The van der Waals surface area contributed by atoms with E-state index in [1.54, 1.807) is 30.0 Å². The normalized spacial score (nSPS) is 21.6. The van der Waals surface area contributed by atoms with Gasteiger partial charge in [0, 0.05) is 69.4 Å². The van der Waals surface area contributed by atoms with Gasteiger partial charge in [-0.05, 0) is 124 Å². The first-order chi connectivity index (χ1) is 26.4. The molecule has 56 heavy (non-hydrogen) atoms. The van der Waals surface area contributed by atoms with Gasteiger partial charge in [0.25, 0.3) is 22.0 Å². The van der Waals surface area contributed by atoms with Crippen LogP contribution in [0.15, 0.2) is 24.5 Å². The average molecular weight is 802 g/mol. The number of halogens is 1. The topological polar surface area (TPSA) is 154 Å². The van der Waals surface area contributed by atoms with Crippen LogP contribution in [0, 0.1) is 17.2 Å². The number of aromatic nitrogens is 3. The first-order valence-electron chi connectivity index (χ1n) is 20.1. The van der Waals surface area contributed by atoms with Crippen LogP contribution < -0.4 is 15.0 Å².